The molecule has 0 fully saturated rings. The van der Waals surface area contributed by atoms with E-state index in [0.29, 0.717) is 0 Å². The second-order valence-electron chi connectivity index (χ2n) is 20.3. The first-order valence-electron chi connectivity index (χ1n) is 26.3. The van der Waals surface area contributed by atoms with Gasteiger partial charge in [0.2, 0.25) is 0 Å². The fourth-order valence-corrected chi connectivity index (χ4v) is 14.3. The lowest BCUT2D eigenvalue weighted by atomic mass is 9.67. The van der Waals surface area contributed by atoms with Crippen molar-refractivity contribution in [3.05, 3.63) is 342 Å². The zero-order valence-corrected chi connectivity index (χ0v) is 42.5. The molecule has 0 amide bonds. The zero-order chi connectivity index (χ0) is 50.2. The van der Waals surface area contributed by atoms with E-state index in [4.69, 9.17) is 0 Å². The Morgan fingerprint density at radius 3 is 1.22 bits per heavy atom. The number of fused-ring (bicyclic) bond motifs is 9. The van der Waals surface area contributed by atoms with Gasteiger partial charge in [-0.05, 0) is 150 Å². The van der Waals surface area contributed by atoms with Crippen molar-refractivity contribution in [2.45, 2.75) is 10.8 Å². The summed E-state index contributed by atoms with van der Waals surface area (Å²) in [5.41, 5.74) is 22.3. The van der Waals surface area contributed by atoms with Crippen LogP contribution in [0.3, 0.4) is 0 Å². The molecule has 0 aliphatic heterocycles. The molecule has 0 radical (unpaired) electrons. The number of hydrogen-bond donors (Lipinski definition) is 0. The van der Waals surface area contributed by atoms with Crippen molar-refractivity contribution in [1.29, 1.82) is 0 Å². The molecule has 356 valence electrons. The number of rotatable bonds is 9. The molecule has 13 aromatic rings. The van der Waals surface area contributed by atoms with Gasteiger partial charge in [0.15, 0.2) is 0 Å². The molecular formula is C74H49NS. The SMILES string of the molecule is c1ccc(C2(c3ccc(N(c4ccc(-c5cccc(-c6ccc7sc8ccccc8c7c6)c5)cc4)c4ccc5c(c4)C(c4ccccc4)(c4ccccc4)c4ccccc4-5)cc3)c3ccccc3-c3ccccc32)cc1. The Kier molecular flexibility index (Phi) is 10.3. The molecule has 0 saturated heterocycles. The molecule has 0 saturated carbocycles. The van der Waals surface area contributed by atoms with Gasteiger partial charge in [0.25, 0.3) is 0 Å². The molecule has 2 aliphatic rings. The summed E-state index contributed by atoms with van der Waals surface area (Å²) in [6.45, 7) is 0. The first-order chi connectivity index (χ1) is 37.7. The average Bonchev–Trinajstić information content (AvgIpc) is 4.19. The lowest BCUT2D eigenvalue weighted by Gasteiger charge is -2.35. The smallest absolute Gasteiger partial charge is 0.0714 e. The molecule has 1 aromatic heterocycles. The predicted octanol–water partition coefficient (Wildman–Crippen LogP) is 19.6. The van der Waals surface area contributed by atoms with Gasteiger partial charge in [-0.25, -0.2) is 0 Å². The highest BCUT2D eigenvalue weighted by Crippen LogP contribution is 2.59. The first kappa shape index (κ1) is 44.2. The highest BCUT2D eigenvalue weighted by atomic mass is 32.1. The molecule has 0 spiro atoms. The Morgan fingerprint density at radius 2 is 0.645 bits per heavy atom. The Morgan fingerprint density at radius 1 is 0.237 bits per heavy atom. The number of hydrogen-bond acceptors (Lipinski definition) is 2. The van der Waals surface area contributed by atoms with Crippen molar-refractivity contribution in [3.63, 3.8) is 0 Å². The van der Waals surface area contributed by atoms with Crippen molar-refractivity contribution < 1.29 is 0 Å². The summed E-state index contributed by atoms with van der Waals surface area (Å²) in [6.07, 6.45) is 0. The zero-order valence-electron chi connectivity index (χ0n) is 41.6. The van der Waals surface area contributed by atoms with Crippen molar-refractivity contribution >= 4 is 48.6 Å². The van der Waals surface area contributed by atoms with Crippen LogP contribution in [0.4, 0.5) is 17.1 Å². The molecule has 0 unspecified atom stereocenters. The van der Waals surface area contributed by atoms with Gasteiger partial charge in [-0.1, -0.05) is 237 Å². The van der Waals surface area contributed by atoms with E-state index < -0.39 is 10.8 Å². The maximum Gasteiger partial charge on any atom is 0.0714 e. The van der Waals surface area contributed by atoms with Crippen LogP contribution in [0.2, 0.25) is 0 Å². The maximum atomic E-state index is 2.48. The molecule has 2 aliphatic carbocycles. The van der Waals surface area contributed by atoms with E-state index >= 15 is 0 Å². The molecule has 0 N–H and O–H groups in total. The third-order valence-electron chi connectivity index (χ3n) is 16.4. The van der Waals surface area contributed by atoms with E-state index in [0.717, 1.165) is 17.1 Å². The quantitative estimate of drug-likeness (QED) is 0.139. The molecule has 76 heavy (non-hydrogen) atoms. The van der Waals surface area contributed by atoms with Crippen LogP contribution in [0.1, 0.15) is 44.5 Å². The number of nitrogens with zero attached hydrogens (tertiary/aromatic N) is 1. The van der Waals surface area contributed by atoms with Crippen molar-refractivity contribution in [3.8, 4) is 44.5 Å². The summed E-state index contributed by atoms with van der Waals surface area (Å²) in [6, 6.07) is 111. The summed E-state index contributed by atoms with van der Waals surface area (Å²) < 4.78 is 2.64. The Balaban J connectivity index is 0.897. The van der Waals surface area contributed by atoms with Crippen molar-refractivity contribution in [2.24, 2.45) is 0 Å². The summed E-state index contributed by atoms with van der Waals surface area (Å²) >= 11 is 1.86. The fraction of sp³-hybridized carbons (Fsp3) is 0.0270. The predicted molar refractivity (Wildman–Crippen MR) is 319 cm³/mol. The van der Waals surface area contributed by atoms with Crippen LogP contribution in [0.25, 0.3) is 64.7 Å². The van der Waals surface area contributed by atoms with E-state index in [1.807, 2.05) is 11.3 Å². The largest absolute Gasteiger partial charge is 0.310 e. The van der Waals surface area contributed by atoms with Gasteiger partial charge in [-0.15, -0.1) is 11.3 Å². The molecule has 1 nitrogen and oxygen atoms in total. The molecule has 15 rings (SSSR count). The number of anilines is 3. The standard InChI is InChI=1S/C74H49NS/c1-4-21-54(22-5-1)73(67-31-14-10-27-61(67)62-28-11-15-32-68(62)73)57-38-42-59(43-39-57)75(58-40-35-50(36-41-58)51-19-18-20-52(47-51)53-37-46-72-66(48-53)65-30-13-17-34-71(65)76-72)60-44-45-64-63-29-12-16-33-69(63)74(70(64)49-60,55-23-6-2-7-24-55)56-25-8-3-9-26-56/h1-49H. The summed E-state index contributed by atoms with van der Waals surface area (Å²) in [5, 5.41) is 2.63. The Hall–Kier alpha value is -9.34. The lowest BCUT2D eigenvalue weighted by Crippen LogP contribution is -2.29. The van der Waals surface area contributed by atoms with Gasteiger partial charge in [-0.2, -0.15) is 0 Å². The van der Waals surface area contributed by atoms with Crippen LogP contribution in [0.15, 0.2) is 297 Å². The number of benzene rings is 12. The Labute approximate surface area is 447 Å². The van der Waals surface area contributed by atoms with Gasteiger partial charge >= 0.3 is 0 Å². The van der Waals surface area contributed by atoms with Crippen LogP contribution in [-0.4, -0.2) is 0 Å². The highest BCUT2D eigenvalue weighted by Gasteiger charge is 2.47. The van der Waals surface area contributed by atoms with Crippen LogP contribution < -0.4 is 4.90 Å². The third-order valence-corrected chi connectivity index (χ3v) is 17.6. The Bertz CT molecular complexity index is 4240. The molecule has 0 atom stereocenters. The monoisotopic (exact) mass is 983 g/mol. The van der Waals surface area contributed by atoms with Gasteiger partial charge in [0.05, 0.1) is 10.8 Å². The van der Waals surface area contributed by atoms with Crippen molar-refractivity contribution in [2.75, 3.05) is 4.90 Å². The third kappa shape index (κ3) is 6.64. The normalized spacial score (nSPS) is 13.5. The molecule has 2 heteroatoms. The van der Waals surface area contributed by atoms with E-state index in [2.05, 4.69) is 302 Å². The van der Waals surface area contributed by atoms with Crippen LogP contribution >= 0.6 is 11.3 Å². The topological polar surface area (TPSA) is 3.24 Å². The maximum absolute atomic E-state index is 2.48. The van der Waals surface area contributed by atoms with E-state index in [1.54, 1.807) is 0 Å². The molecule has 0 bridgehead atoms. The highest BCUT2D eigenvalue weighted by molar-refractivity contribution is 7.25. The van der Waals surface area contributed by atoms with E-state index in [9.17, 15) is 0 Å². The molecule has 12 aromatic carbocycles. The second-order valence-corrected chi connectivity index (χ2v) is 21.4. The minimum absolute atomic E-state index is 0.498. The molecular weight excluding hydrogens is 935 g/mol. The minimum Gasteiger partial charge on any atom is -0.310 e. The minimum atomic E-state index is -0.540. The van der Waals surface area contributed by atoms with Gasteiger partial charge in [0, 0.05) is 37.2 Å². The fourth-order valence-electron chi connectivity index (χ4n) is 13.2. The van der Waals surface area contributed by atoms with Crippen LogP contribution in [0.5, 0.6) is 0 Å². The van der Waals surface area contributed by atoms with Crippen LogP contribution in [-0.2, 0) is 10.8 Å². The average molecular weight is 984 g/mol. The number of thiophene rings is 1. The van der Waals surface area contributed by atoms with Gasteiger partial charge in [0.1, 0.15) is 0 Å². The van der Waals surface area contributed by atoms with E-state index in [-0.39, 0.29) is 0 Å². The summed E-state index contributed by atoms with van der Waals surface area (Å²) in [5.74, 6) is 0. The summed E-state index contributed by atoms with van der Waals surface area (Å²) in [4.78, 5) is 2.46. The molecule has 1 heterocycles. The van der Waals surface area contributed by atoms with Gasteiger partial charge < -0.3 is 4.90 Å². The van der Waals surface area contributed by atoms with Crippen molar-refractivity contribution in [1.82, 2.24) is 0 Å². The summed E-state index contributed by atoms with van der Waals surface area (Å²) in [7, 11) is 0. The van der Waals surface area contributed by atoms with E-state index in [1.165, 1.54) is 109 Å². The first-order valence-corrected chi connectivity index (χ1v) is 27.1. The second kappa shape index (κ2) is 17.7. The lowest BCUT2D eigenvalue weighted by molar-refractivity contribution is 0.768. The van der Waals surface area contributed by atoms with Gasteiger partial charge in [-0.3, -0.25) is 0 Å². The van der Waals surface area contributed by atoms with Crippen LogP contribution in [0, 0.1) is 0 Å².